The molecule has 1 aromatic heterocycles. The molecule has 4 nitrogen and oxygen atoms in total. The van der Waals surface area contributed by atoms with Gasteiger partial charge in [-0.3, -0.25) is 4.98 Å². The van der Waals surface area contributed by atoms with Crippen LogP contribution in [0.3, 0.4) is 0 Å². The number of aliphatic hydroxyl groups is 1. The molecule has 1 atom stereocenters. The number of aromatic nitrogens is 2. The van der Waals surface area contributed by atoms with Crippen LogP contribution in [0.1, 0.15) is 24.1 Å². The van der Waals surface area contributed by atoms with Gasteiger partial charge in [0, 0.05) is 11.6 Å². The van der Waals surface area contributed by atoms with Crippen LogP contribution >= 0.6 is 0 Å². The largest absolute Gasteiger partial charge is 0.392 e. The smallest absolute Gasteiger partial charge is 0.145 e. The second kappa shape index (κ2) is 7.03. The van der Waals surface area contributed by atoms with Crippen molar-refractivity contribution in [2.45, 2.75) is 19.6 Å². The summed E-state index contributed by atoms with van der Waals surface area (Å²) in [5, 5.41) is 12.5. The number of aliphatic hydroxyl groups excluding tert-OH is 1. The number of benzene rings is 2. The van der Waals surface area contributed by atoms with Gasteiger partial charge in [-0.15, -0.1) is 0 Å². The summed E-state index contributed by atoms with van der Waals surface area (Å²) in [4.78, 5) is 8.90. The lowest BCUT2D eigenvalue weighted by atomic mass is 10.1. The van der Waals surface area contributed by atoms with Crippen LogP contribution in [-0.2, 0) is 6.61 Å². The van der Waals surface area contributed by atoms with Crippen LogP contribution in [0.15, 0.2) is 67.0 Å². The molecule has 4 heteroatoms. The van der Waals surface area contributed by atoms with Gasteiger partial charge >= 0.3 is 0 Å². The van der Waals surface area contributed by atoms with E-state index in [0.29, 0.717) is 0 Å². The Morgan fingerprint density at radius 3 is 2.43 bits per heavy atom. The second-order valence-electron chi connectivity index (χ2n) is 5.42. The summed E-state index contributed by atoms with van der Waals surface area (Å²) < 4.78 is 0. The summed E-state index contributed by atoms with van der Waals surface area (Å²) in [5.74, 6) is 0.741. The van der Waals surface area contributed by atoms with Crippen LogP contribution in [0.5, 0.6) is 0 Å². The summed E-state index contributed by atoms with van der Waals surface area (Å²) in [7, 11) is 0. The maximum absolute atomic E-state index is 9.11. The van der Waals surface area contributed by atoms with Gasteiger partial charge in [0.1, 0.15) is 5.82 Å². The quantitative estimate of drug-likeness (QED) is 0.752. The SMILES string of the molecule is CC(Nc1cncc(-c2ccc(CO)cc2)n1)c1ccccc1. The molecular formula is C19H19N3O. The highest BCUT2D eigenvalue weighted by Crippen LogP contribution is 2.21. The normalized spacial score (nSPS) is 11.9. The van der Waals surface area contributed by atoms with Gasteiger partial charge in [0.2, 0.25) is 0 Å². The second-order valence-corrected chi connectivity index (χ2v) is 5.42. The van der Waals surface area contributed by atoms with E-state index >= 15 is 0 Å². The summed E-state index contributed by atoms with van der Waals surface area (Å²) in [6, 6.07) is 18.1. The summed E-state index contributed by atoms with van der Waals surface area (Å²) in [5.41, 5.74) is 3.87. The van der Waals surface area contributed by atoms with E-state index in [1.165, 1.54) is 5.56 Å². The van der Waals surface area contributed by atoms with Crippen molar-refractivity contribution in [3.8, 4) is 11.3 Å². The number of nitrogens with one attached hydrogen (secondary N) is 1. The molecule has 0 saturated heterocycles. The molecule has 0 aliphatic rings. The Hall–Kier alpha value is -2.72. The Labute approximate surface area is 135 Å². The number of nitrogens with zero attached hydrogens (tertiary/aromatic N) is 2. The Kier molecular flexibility index (Phi) is 4.64. The molecule has 3 aromatic rings. The van der Waals surface area contributed by atoms with E-state index in [0.717, 1.165) is 22.6 Å². The van der Waals surface area contributed by atoms with Crippen LogP contribution in [-0.4, -0.2) is 15.1 Å². The molecule has 2 aromatic carbocycles. The predicted molar refractivity (Wildman–Crippen MR) is 91.9 cm³/mol. The maximum atomic E-state index is 9.11. The zero-order valence-corrected chi connectivity index (χ0v) is 13.0. The lowest BCUT2D eigenvalue weighted by Gasteiger charge is -2.15. The standard InChI is InChI=1S/C19H19N3O/c1-14(16-5-3-2-4-6-16)21-19-12-20-11-18(22-19)17-9-7-15(13-23)8-10-17/h2-12,14,23H,13H2,1H3,(H,21,22). The average molecular weight is 305 g/mol. The van der Waals surface area contributed by atoms with Crippen LogP contribution in [0.2, 0.25) is 0 Å². The van der Waals surface area contributed by atoms with E-state index in [2.05, 4.69) is 34.3 Å². The van der Waals surface area contributed by atoms with Crippen molar-refractivity contribution in [2.24, 2.45) is 0 Å². The molecule has 0 radical (unpaired) electrons. The topological polar surface area (TPSA) is 58.0 Å². The van der Waals surface area contributed by atoms with E-state index in [1.807, 2.05) is 42.5 Å². The fourth-order valence-electron chi connectivity index (χ4n) is 2.40. The average Bonchev–Trinajstić information content (AvgIpc) is 2.63. The van der Waals surface area contributed by atoms with Crippen molar-refractivity contribution < 1.29 is 5.11 Å². The predicted octanol–water partition coefficient (Wildman–Crippen LogP) is 3.81. The van der Waals surface area contributed by atoms with Gasteiger partial charge in [-0.25, -0.2) is 4.98 Å². The van der Waals surface area contributed by atoms with Crippen LogP contribution in [0.4, 0.5) is 5.82 Å². The van der Waals surface area contributed by atoms with E-state index in [9.17, 15) is 0 Å². The Balaban J connectivity index is 1.79. The van der Waals surface area contributed by atoms with Crippen molar-refractivity contribution in [3.05, 3.63) is 78.1 Å². The molecule has 2 N–H and O–H groups in total. The molecule has 0 saturated carbocycles. The third-order valence-electron chi connectivity index (χ3n) is 3.73. The zero-order valence-electron chi connectivity index (χ0n) is 13.0. The van der Waals surface area contributed by atoms with Crippen LogP contribution in [0, 0.1) is 0 Å². The summed E-state index contributed by atoms with van der Waals surface area (Å²) in [6.45, 7) is 2.14. The molecule has 0 bridgehead atoms. The first-order chi connectivity index (χ1) is 11.3. The first-order valence-electron chi connectivity index (χ1n) is 7.60. The Morgan fingerprint density at radius 1 is 1.00 bits per heavy atom. The van der Waals surface area contributed by atoms with Crippen molar-refractivity contribution in [1.82, 2.24) is 9.97 Å². The van der Waals surface area contributed by atoms with E-state index in [-0.39, 0.29) is 12.6 Å². The van der Waals surface area contributed by atoms with E-state index in [4.69, 9.17) is 5.11 Å². The molecule has 23 heavy (non-hydrogen) atoms. The van der Waals surface area contributed by atoms with Gasteiger partial charge in [0.05, 0.1) is 24.7 Å². The van der Waals surface area contributed by atoms with Crippen LogP contribution in [0.25, 0.3) is 11.3 Å². The zero-order chi connectivity index (χ0) is 16.1. The van der Waals surface area contributed by atoms with E-state index < -0.39 is 0 Å². The highest BCUT2D eigenvalue weighted by molar-refractivity contribution is 5.60. The molecule has 116 valence electrons. The highest BCUT2D eigenvalue weighted by Gasteiger charge is 2.07. The molecule has 1 unspecified atom stereocenters. The minimum absolute atomic E-state index is 0.0438. The monoisotopic (exact) mass is 305 g/mol. The van der Waals surface area contributed by atoms with Gasteiger partial charge in [-0.2, -0.15) is 0 Å². The fourth-order valence-corrected chi connectivity index (χ4v) is 2.40. The van der Waals surface area contributed by atoms with Crippen LogP contribution < -0.4 is 5.32 Å². The molecule has 1 heterocycles. The van der Waals surface area contributed by atoms with Gasteiger partial charge in [-0.05, 0) is 18.1 Å². The van der Waals surface area contributed by atoms with Crippen molar-refractivity contribution >= 4 is 5.82 Å². The number of rotatable bonds is 5. The van der Waals surface area contributed by atoms with Crippen molar-refractivity contribution in [2.75, 3.05) is 5.32 Å². The molecule has 0 aliphatic carbocycles. The first-order valence-corrected chi connectivity index (χ1v) is 7.60. The molecule has 0 amide bonds. The maximum Gasteiger partial charge on any atom is 0.145 e. The molecular weight excluding hydrogens is 286 g/mol. The summed E-state index contributed by atoms with van der Waals surface area (Å²) >= 11 is 0. The molecule has 0 spiro atoms. The highest BCUT2D eigenvalue weighted by atomic mass is 16.3. The first kappa shape index (κ1) is 15.2. The molecule has 3 rings (SSSR count). The minimum Gasteiger partial charge on any atom is -0.392 e. The summed E-state index contributed by atoms with van der Waals surface area (Å²) in [6.07, 6.45) is 3.47. The Morgan fingerprint density at radius 2 is 1.74 bits per heavy atom. The lowest BCUT2D eigenvalue weighted by Crippen LogP contribution is -2.08. The number of anilines is 1. The molecule has 0 fully saturated rings. The van der Waals surface area contributed by atoms with E-state index in [1.54, 1.807) is 12.4 Å². The fraction of sp³-hybridized carbons (Fsp3) is 0.158. The Bertz CT molecular complexity index is 757. The molecule has 0 aliphatic heterocycles. The van der Waals surface area contributed by atoms with Gasteiger partial charge in [-0.1, -0.05) is 54.6 Å². The minimum atomic E-state index is 0.0438. The number of hydrogen-bond donors (Lipinski definition) is 2. The van der Waals surface area contributed by atoms with Gasteiger partial charge in [0.25, 0.3) is 0 Å². The number of hydrogen-bond acceptors (Lipinski definition) is 4. The third-order valence-corrected chi connectivity index (χ3v) is 3.73. The van der Waals surface area contributed by atoms with Gasteiger partial charge < -0.3 is 10.4 Å². The van der Waals surface area contributed by atoms with Crippen molar-refractivity contribution in [1.29, 1.82) is 0 Å². The lowest BCUT2D eigenvalue weighted by molar-refractivity contribution is 0.282. The third kappa shape index (κ3) is 3.73. The van der Waals surface area contributed by atoms with Gasteiger partial charge in [0.15, 0.2) is 0 Å². The van der Waals surface area contributed by atoms with Crippen molar-refractivity contribution in [3.63, 3.8) is 0 Å².